The van der Waals surface area contributed by atoms with Crippen molar-refractivity contribution < 1.29 is 24.2 Å². The number of unbranched alkanes of at least 4 members (excludes halogenated alkanes) is 20. The predicted molar refractivity (Wildman–Crippen MR) is 260 cm³/mol. The maximum Gasteiger partial charge on any atom is 0.306 e. The first-order valence-electron chi connectivity index (χ1n) is 24.8. The molecule has 0 saturated heterocycles. The molecule has 1 unspecified atom stereocenters. The summed E-state index contributed by atoms with van der Waals surface area (Å²) in [5.74, 6) is -0.616. The molecular formula is C55H92O5. The molecule has 1 atom stereocenters. The summed E-state index contributed by atoms with van der Waals surface area (Å²) in [4.78, 5) is 24.4. The van der Waals surface area contributed by atoms with Crippen LogP contribution in [0.15, 0.2) is 97.2 Å². The fourth-order valence-corrected chi connectivity index (χ4v) is 6.65. The molecular weight excluding hydrogens is 741 g/mol. The minimum atomic E-state index is -0.788. The summed E-state index contributed by atoms with van der Waals surface area (Å²) >= 11 is 0. The summed E-state index contributed by atoms with van der Waals surface area (Å²) in [7, 11) is 0. The minimum Gasteiger partial charge on any atom is -0.462 e. The lowest BCUT2D eigenvalue weighted by atomic mass is 10.1. The fourth-order valence-electron chi connectivity index (χ4n) is 6.65. The second kappa shape index (κ2) is 50.2. The zero-order valence-electron chi connectivity index (χ0n) is 38.9. The number of carbonyl (C=O) groups is 2. The largest absolute Gasteiger partial charge is 0.462 e. The number of hydrogen-bond donors (Lipinski definition) is 1. The molecule has 1 N–H and O–H groups in total. The van der Waals surface area contributed by atoms with Crippen LogP contribution in [0.2, 0.25) is 0 Å². The van der Waals surface area contributed by atoms with Crippen LogP contribution >= 0.6 is 0 Å². The molecule has 342 valence electrons. The molecule has 5 heteroatoms. The second-order valence-electron chi connectivity index (χ2n) is 16.2. The molecule has 0 rings (SSSR count). The van der Waals surface area contributed by atoms with Crippen LogP contribution in [-0.2, 0) is 19.1 Å². The normalized spacial score (nSPS) is 13.1. The molecule has 0 aromatic carbocycles. The van der Waals surface area contributed by atoms with Crippen molar-refractivity contribution in [2.24, 2.45) is 0 Å². The van der Waals surface area contributed by atoms with Crippen LogP contribution in [0.25, 0.3) is 0 Å². The third kappa shape index (κ3) is 47.5. The van der Waals surface area contributed by atoms with Crippen molar-refractivity contribution in [2.75, 3.05) is 13.2 Å². The van der Waals surface area contributed by atoms with Crippen LogP contribution in [0.4, 0.5) is 0 Å². The van der Waals surface area contributed by atoms with Crippen LogP contribution in [-0.4, -0.2) is 36.4 Å². The third-order valence-electron chi connectivity index (χ3n) is 10.4. The Morgan fingerprint density at radius 1 is 0.400 bits per heavy atom. The van der Waals surface area contributed by atoms with Crippen molar-refractivity contribution in [3.63, 3.8) is 0 Å². The molecule has 0 aliphatic carbocycles. The van der Waals surface area contributed by atoms with E-state index in [1.807, 2.05) is 0 Å². The van der Waals surface area contributed by atoms with Gasteiger partial charge in [-0.3, -0.25) is 9.59 Å². The molecule has 0 bridgehead atoms. The summed E-state index contributed by atoms with van der Waals surface area (Å²) in [6.45, 7) is 4.00. The zero-order chi connectivity index (χ0) is 43.5. The van der Waals surface area contributed by atoms with E-state index in [1.165, 1.54) is 103 Å². The van der Waals surface area contributed by atoms with E-state index in [4.69, 9.17) is 9.47 Å². The maximum atomic E-state index is 12.3. The summed E-state index contributed by atoms with van der Waals surface area (Å²) in [5, 5.41) is 9.62. The molecule has 5 nitrogen and oxygen atoms in total. The SMILES string of the molecule is CC/C=C\C/C=C\C/C=C\C/C=C\C/C=C\CCCCCCCCCCCC(=O)OC(CO)COC(=O)CCCCCCCC/C=C\C/C=C\C/C=C\CCCCCCC. The topological polar surface area (TPSA) is 72.8 Å². The Balaban J connectivity index is 3.59. The molecule has 0 fully saturated rings. The molecule has 60 heavy (non-hydrogen) atoms. The van der Waals surface area contributed by atoms with Crippen LogP contribution < -0.4 is 0 Å². The highest BCUT2D eigenvalue weighted by Gasteiger charge is 2.16. The molecule has 0 aliphatic rings. The van der Waals surface area contributed by atoms with Gasteiger partial charge in [0.05, 0.1) is 6.61 Å². The number of aliphatic hydroxyl groups excluding tert-OH is 1. The van der Waals surface area contributed by atoms with Crippen LogP contribution in [0.5, 0.6) is 0 Å². The predicted octanol–water partition coefficient (Wildman–Crippen LogP) is 16.4. The molecule has 0 spiro atoms. The summed E-state index contributed by atoms with van der Waals surface area (Å²) < 4.78 is 10.7. The van der Waals surface area contributed by atoms with Gasteiger partial charge in [0.15, 0.2) is 6.10 Å². The number of carbonyl (C=O) groups excluding carboxylic acids is 2. The zero-order valence-corrected chi connectivity index (χ0v) is 38.9. The standard InChI is InChI=1S/C55H92O5/c1-3-5-7-9-11-13-15-17-19-21-23-25-26-27-28-30-32-34-36-38-40-42-44-46-48-50-55(58)60-53(51-56)52-59-54(57)49-47-45-43-41-39-37-35-33-31-29-24-22-20-18-16-14-12-10-8-6-4-2/h5,7,11,13,16-19,22-25,27-28,31,33,53,56H,3-4,6,8-10,12,14-15,20-21,26,29-30,32,34-52H2,1-2H3/b7-5-,13-11-,18-16-,19-17-,24-22-,25-23-,28-27-,33-31-. The summed E-state index contributed by atoms with van der Waals surface area (Å²) in [6, 6.07) is 0. The van der Waals surface area contributed by atoms with Crippen molar-refractivity contribution in [1.29, 1.82) is 0 Å². The minimum absolute atomic E-state index is 0.0804. The first kappa shape index (κ1) is 56.8. The Morgan fingerprint density at radius 3 is 1.08 bits per heavy atom. The van der Waals surface area contributed by atoms with Gasteiger partial charge in [-0.15, -0.1) is 0 Å². The monoisotopic (exact) mass is 833 g/mol. The summed E-state index contributed by atoms with van der Waals surface area (Å²) in [6.07, 6.45) is 70.6. The van der Waals surface area contributed by atoms with Crippen LogP contribution in [0.3, 0.4) is 0 Å². The third-order valence-corrected chi connectivity index (χ3v) is 10.4. The molecule has 0 heterocycles. The fraction of sp³-hybridized carbons (Fsp3) is 0.673. The van der Waals surface area contributed by atoms with E-state index in [9.17, 15) is 14.7 Å². The molecule has 0 aromatic heterocycles. The Kier molecular flexibility index (Phi) is 47.5. The Hall–Kier alpha value is -3.18. The van der Waals surface area contributed by atoms with Gasteiger partial charge in [-0.25, -0.2) is 0 Å². The van der Waals surface area contributed by atoms with Gasteiger partial charge in [0.2, 0.25) is 0 Å². The van der Waals surface area contributed by atoms with Gasteiger partial charge in [0.25, 0.3) is 0 Å². The van der Waals surface area contributed by atoms with E-state index in [-0.39, 0.29) is 25.2 Å². The number of hydrogen-bond acceptors (Lipinski definition) is 5. The van der Waals surface area contributed by atoms with E-state index in [1.54, 1.807) is 0 Å². The smallest absolute Gasteiger partial charge is 0.306 e. The highest BCUT2D eigenvalue weighted by Crippen LogP contribution is 2.14. The number of rotatable bonds is 44. The number of allylic oxidation sites excluding steroid dienone is 16. The van der Waals surface area contributed by atoms with E-state index >= 15 is 0 Å². The van der Waals surface area contributed by atoms with Gasteiger partial charge in [-0.1, -0.05) is 207 Å². The highest BCUT2D eigenvalue weighted by atomic mass is 16.6. The van der Waals surface area contributed by atoms with E-state index in [2.05, 4.69) is 111 Å². The van der Waals surface area contributed by atoms with Gasteiger partial charge in [0, 0.05) is 12.8 Å². The average Bonchev–Trinajstić information content (AvgIpc) is 3.25. The first-order valence-corrected chi connectivity index (χ1v) is 24.8. The van der Waals surface area contributed by atoms with Gasteiger partial charge >= 0.3 is 11.9 Å². The van der Waals surface area contributed by atoms with Crippen molar-refractivity contribution in [1.82, 2.24) is 0 Å². The van der Waals surface area contributed by atoms with Crippen molar-refractivity contribution >= 4 is 11.9 Å². The Bertz CT molecular complexity index is 1170. The van der Waals surface area contributed by atoms with Gasteiger partial charge in [-0.05, 0) is 96.3 Å². The molecule has 0 saturated carbocycles. The second-order valence-corrected chi connectivity index (χ2v) is 16.2. The van der Waals surface area contributed by atoms with Gasteiger partial charge < -0.3 is 14.6 Å². The number of aliphatic hydroxyl groups is 1. The van der Waals surface area contributed by atoms with Gasteiger partial charge in [-0.2, -0.15) is 0 Å². The van der Waals surface area contributed by atoms with Crippen molar-refractivity contribution in [3.8, 4) is 0 Å². The van der Waals surface area contributed by atoms with Crippen LogP contribution in [0.1, 0.15) is 219 Å². The highest BCUT2D eigenvalue weighted by molar-refractivity contribution is 5.70. The summed E-state index contributed by atoms with van der Waals surface area (Å²) in [5.41, 5.74) is 0. The van der Waals surface area contributed by atoms with Gasteiger partial charge in [0.1, 0.15) is 6.61 Å². The lowest BCUT2D eigenvalue weighted by molar-refractivity contribution is -0.161. The first-order chi connectivity index (χ1) is 29.6. The molecule has 0 aromatic rings. The average molecular weight is 833 g/mol. The van der Waals surface area contributed by atoms with E-state index in [0.717, 1.165) is 89.9 Å². The lowest BCUT2D eigenvalue weighted by Crippen LogP contribution is -2.28. The molecule has 0 radical (unpaired) electrons. The molecule has 0 amide bonds. The number of ether oxygens (including phenoxy) is 2. The van der Waals surface area contributed by atoms with E-state index < -0.39 is 6.10 Å². The lowest BCUT2D eigenvalue weighted by Gasteiger charge is -2.15. The van der Waals surface area contributed by atoms with E-state index in [0.29, 0.717) is 12.8 Å². The Labute approximate surface area is 370 Å². The quantitative estimate of drug-likeness (QED) is 0.0376. The molecule has 0 aliphatic heterocycles. The van der Waals surface area contributed by atoms with Crippen LogP contribution in [0, 0.1) is 0 Å². The Morgan fingerprint density at radius 2 is 0.717 bits per heavy atom. The van der Waals surface area contributed by atoms with Crippen molar-refractivity contribution in [3.05, 3.63) is 97.2 Å². The maximum absolute atomic E-state index is 12.3. The van der Waals surface area contributed by atoms with Crippen molar-refractivity contribution in [2.45, 2.75) is 225 Å². The number of esters is 2.